The maximum atomic E-state index is 2.43. The third-order valence-electron chi connectivity index (χ3n) is 12.2. The zero-order valence-corrected chi connectivity index (χ0v) is 33.3. The van der Waals surface area contributed by atoms with Gasteiger partial charge in [0.25, 0.3) is 0 Å². The van der Waals surface area contributed by atoms with Gasteiger partial charge in [-0.05, 0) is 122 Å². The van der Waals surface area contributed by atoms with Gasteiger partial charge in [-0.15, -0.1) is 0 Å². The summed E-state index contributed by atoms with van der Waals surface area (Å²) in [5.74, 6) is 0. The van der Waals surface area contributed by atoms with Gasteiger partial charge >= 0.3 is 0 Å². The van der Waals surface area contributed by atoms with Crippen LogP contribution in [0.15, 0.2) is 188 Å². The minimum atomic E-state index is -0.195. The first kappa shape index (κ1) is 34.8. The molecule has 57 heavy (non-hydrogen) atoms. The van der Waals surface area contributed by atoms with Gasteiger partial charge in [-0.2, -0.15) is 0 Å². The Bertz CT molecular complexity index is 2890. The lowest BCUT2D eigenvalue weighted by Crippen LogP contribution is -2.17. The fourth-order valence-electron chi connectivity index (χ4n) is 9.06. The maximum Gasteiger partial charge on any atom is 0.0541 e. The van der Waals surface area contributed by atoms with Gasteiger partial charge in [-0.3, -0.25) is 0 Å². The van der Waals surface area contributed by atoms with Gasteiger partial charge in [-0.25, -0.2) is 0 Å². The predicted molar refractivity (Wildman–Crippen MR) is 243 cm³/mol. The van der Waals surface area contributed by atoms with E-state index in [1.807, 2.05) is 0 Å². The Morgan fingerprint density at radius 1 is 0.421 bits per heavy atom. The molecule has 2 heteroatoms. The van der Waals surface area contributed by atoms with Crippen molar-refractivity contribution in [2.45, 2.75) is 45.4 Å². The Morgan fingerprint density at radius 2 is 0.930 bits per heavy atom. The van der Waals surface area contributed by atoms with Crippen molar-refractivity contribution in [3.05, 3.63) is 205 Å². The summed E-state index contributed by atoms with van der Waals surface area (Å²) in [6, 6.07) is 69.3. The normalized spacial score (nSPS) is 13.1. The highest BCUT2D eigenvalue weighted by molar-refractivity contribution is 6.09. The molecule has 1 aliphatic carbocycles. The molecule has 276 valence electrons. The van der Waals surface area contributed by atoms with Crippen LogP contribution in [0.3, 0.4) is 0 Å². The Balaban J connectivity index is 1.00. The SMILES string of the molecule is CC(C)(C)c1ccc(-c2cccc(-c3ccc(N(c4ccccc4)c4ccc5c(c4)C(C)(C)c4cc(-n6c7ccccc7c7ccccc76)ccc4-5)cc3)c2)cc1. The molecular formula is C55H46N2. The summed E-state index contributed by atoms with van der Waals surface area (Å²) in [4.78, 5) is 2.39. The van der Waals surface area contributed by atoms with Crippen molar-refractivity contribution in [3.63, 3.8) is 0 Å². The van der Waals surface area contributed by atoms with E-state index < -0.39 is 0 Å². The molecule has 1 aliphatic rings. The number of rotatable bonds is 6. The molecule has 8 aromatic carbocycles. The average molecular weight is 735 g/mol. The lowest BCUT2D eigenvalue weighted by molar-refractivity contribution is 0.590. The number of para-hydroxylation sites is 3. The maximum absolute atomic E-state index is 2.43. The van der Waals surface area contributed by atoms with Crippen LogP contribution in [0.4, 0.5) is 17.1 Å². The van der Waals surface area contributed by atoms with E-state index in [0.29, 0.717) is 0 Å². The van der Waals surface area contributed by atoms with Crippen molar-refractivity contribution in [3.8, 4) is 39.1 Å². The molecule has 1 heterocycles. The van der Waals surface area contributed by atoms with Gasteiger partial charge in [0.05, 0.1) is 11.0 Å². The van der Waals surface area contributed by atoms with E-state index in [1.165, 1.54) is 77.6 Å². The van der Waals surface area contributed by atoms with E-state index in [0.717, 1.165) is 17.1 Å². The number of anilines is 3. The van der Waals surface area contributed by atoms with Crippen LogP contribution < -0.4 is 4.90 Å². The topological polar surface area (TPSA) is 8.17 Å². The molecule has 9 aromatic rings. The van der Waals surface area contributed by atoms with Gasteiger partial charge in [0.1, 0.15) is 0 Å². The minimum absolute atomic E-state index is 0.135. The first-order chi connectivity index (χ1) is 27.6. The number of benzene rings is 8. The Hall–Kier alpha value is -6.64. The molecule has 10 rings (SSSR count). The average Bonchev–Trinajstić information content (AvgIpc) is 3.69. The number of hydrogen-bond donors (Lipinski definition) is 0. The third kappa shape index (κ3) is 5.87. The molecule has 0 amide bonds. The van der Waals surface area contributed by atoms with Crippen molar-refractivity contribution >= 4 is 38.9 Å². The summed E-state index contributed by atoms with van der Waals surface area (Å²) in [5, 5.41) is 2.57. The molecule has 0 fully saturated rings. The second-order valence-electron chi connectivity index (χ2n) is 17.1. The molecule has 0 aliphatic heterocycles. The van der Waals surface area contributed by atoms with Crippen LogP contribution in [0, 0.1) is 0 Å². The number of fused-ring (bicyclic) bond motifs is 6. The van der Waals surface area contributed by atoms with Crippen LogP contribution in [0.25, 0.3) is 60.9 Å². The van der Waals surface area contributed by atoms with Crippen LogP contribution >= 0.6 is 0 Å². The molecule has 0 bridgehead atoms. The van der Waals surface area contributed by atoms with E-state index in [9.17, 15) is 0 Å². The molecule has 0 spiro atoms. The highest BCUT2D eigenvalue weighted by atomic mass is 15.1. The zero-order valence-electron chi connectivity index (χ0n) is 33.3. The largest absolute Gasteiger partial charge is 0.310 e. The Kier molecular flexibility index (Phi) is 8.09. The molecule has 2 nitrogen and oxygen atoms in total. The smallest absolute Gasteiger partial charge is 0.0541 e. The van der Waals surface area contributed by atoms with Crippen LogP contribution in [0.1, 0.15) is 51.3 Å². The second kappa shape index (κ2) is 13.2. The van der Waals surface area contributed by atoms with E-state index in [-0.39, 0.29) is 10.8 Å². The number of aromatic nitrogens is 1. The molecular weight excluding hydrogens is 689 g/mol. The van der Waals surface area contributed by atoms with Gasteiger partial charge in [0, 0.05) is 38.9 Å². The zero-order chi connectivity index (χ0) is 38.9. The van der Waals surface area contributed by atoms with E-state index in [1.54, 1.807) is 0 Å². The third-order valence-corrected chi connectivity index (χ3v) is 12.2. The summed E-state index contributed by atoms with van der Waals surface area (Å²) in [6.45, 7) is 11.5. The van der Waals surface area contributed by atoms with Crippen molar-refractivity contribution in [1.29, 1.82) is 0 Å². The Labute approximate surface area is 336 Å². The molecule has 0 unspecified atom stereocenters. The first-order valence-electron chi connectivity index (χ1n) is 20.1. The summed E-state index contributed by atoms with van der Waals surface area (Å²) < 4.78 is 2.43. The standard InChI is InChI=1S/C55H46N2/c1-54(2,3)41-26-22-37(23-27-41)39-14-13-15-40(34-39)38-24-28-43(29-25-38)56(42-16-7-6-8-17-42)44-30-32-46-47-33-31-45(36-51(47)55(4,5)50(46)35-44)57-52-20-11-9-18-48(52)49-19-10-12-21-53(49)57/h6-36H,1-5H3. The summed E-state index contributed by atoms with van der Waals surface area (Å²) in [7, 11) is 0. The molecule has 0 radical (unpaired) electrons. The highest BCUT2D eigenvalue weighted by Gasteiger charge is 2.36. The molecule has 0 saturated carbocycles. The molecule has 0 atom stereocenters. The van der Waals surface area contributed by atoms with E-state index >= 15 is 0 Å². The number of hydrogen-bond acceptors (Lipinski definition) is 1. The van der Waals surface area contributed by atoms with Crippen molar-refractivity contribution < 1.29 is 0 Å². The van der Waals surface area contributed by atoms with Crippen molar-refractivity contribution in [2.24, 2.45) is 0 Å². The predicted octanol–water partition coefficient (Wildman–Crippen LogP) is 15.2. The summed E-state index contributed by atoms with van der Waals surface area (Å²) in [6.07, 6.45) is 0. The minimum Gasteiger partial charge on any atom is -0.310 e. The van der Waals surface area contributed by atoms with Crippen LogP contribution in [-0.4, -0.2) is 4.57 Å². The van der Waals surface area contributed by atoms with Crippen molar-refractivity contribution in [2.75, 3.05) is 4.90 Å². The van der Waals surface area contributed by atoms with Gasteiger partial charge in [0.15, 0.2) is 0 Å². The summed E-state index contributed by atoms with van der Waals surface area (Å²) in [5.41, 5.74) is 18.6. The molecule has 0 N–H and O–H groups in total. The fourth-order valence-corrected chi connectivity index (χ4v) is 9.06. The quantitative estimate of drug-likeness (QED) is 0.165. The van der Waals surface area contributed by atoms with Gasteiger partial charge in [-0.1, -0.05) is 156 Å². The molecule has 1 aromatic heterocycles. The van der Waals surface area contributed by atoms with Gasteiger partial charge in [0.2, 0.25) is 0 Å². The van der Waals surface area contributed by atoms with Crippen LogP contribution in [0.5, 0.6) is 0 Å². The lowest BCUT2D eigenvalue weighted by Gasteiger charge is -2.28. The van der Waals surface area contributed by atoms with Crippen LogP contribution in [-0.2, 0) is 10.8 Å². The Morgan fingerprint density at radius 3 is 1.54 bits per heavy atom. The highest BCUT2D eigenvalue weighted by Crippen LogP contribution is 2.51. The number of nitrogens with zero attached hydrogens (tertiary/aromatic N) is 2. The van der Waals surface area contributed by atoms with Crippen molar-refractivity contribution in [1.82, 2.24) is 4.57 Å². The molecule has 0 saturated heterocycles. The van der Waals surface area contributed by atoms with Crippen LogP contribution in [0.2, 0.25) is 0 Å². The lowest BCUT2D eigenvalue weighted by atomic mass is 9.82. The van der Waals surface area contributed by atoms with Gasteiger partial charge < -0.3 is 9.47 Å². The summed E-state index contributed by atoms with van der Waals surface area (Å²) >= 11 is 0. The monoisotopic (exact) mass is 734 g/mol. The fraction of sp³-hybridized carbons (Fsp3) is 0.127. The van der Waals surface area contributed by atoms with E-state index in [4.69, 9.17) is 0 Å². The second-order valence-corrected chi connectivity index (χ2v) is 17.1. The first-order valence-corrected chi connectivity index (χ1v) is 20.1. The van der Waals surface area contributed by atoms with E-state index in [2.05, 4.69) is 232 Å².